The third kappa shape index (κ3) is 31.8. The van der Waals surface area contributed by atoms with Crippen molar-refractivity contribution in [2.45, 2.75) is 219 Å². The number of hydrogen-bond donors (Lipinski definition) is 11. The van der Waals surface area contributed by atoms with Crippen molar-refractivity contribution in [1.29, 1.82) is 5.26 Å². The molecule has 14 atom stereocenters. The van der Waals surface area contributed by atoms with Crippen LogP contribution in [0.1, 0.15) is 220 Å². The molecule has 7 aromatic carbocycles. The van der Waals surface area contributed by atoms with Crippen molar-refractivity contribution in [3.8, 4) is 5.97 Å². The molecule has 7 fully saturated rings. The molecule has 0 aromatic heterocycles. The maximum Gasteiger partial charge on any atom is 1.00 e. The summed E-state index contributed by atoms with van der Waals surface area (Å²) in [4.78, 5) is 6.41. The largest absolute Gasteiger partial charge is 1.00 e. The Morgan fingerprint density at radius 1 is 0.300 bits per heavy atom. The zero-order valence-corrected chi connectivity index (χ0v) is 89.0. The second-order valence-electron chi connectivity index (χ2n) is 36.7. The van der Waals surface area contributed by atoms with Gasteiger partial charge >= 0.3 is 29.6 Å². The van der Waals surface area contributed by atoms with Crippen molar-refractivity contribution < 1.29 is 66.7 Å². The molecule has 7 aliphatic carbocycles. The van der Waals surface area contributed by atoms with E-state index in [1.807, 2.05) is 110 Å². The fourth-order valence-electron chi connectivity index (χ4n) is 20.1. The first kappa shape index (κ1) is 117. The van der Waals surface area contributed by atoms with E-state index in [4.69, 9.17) is 185 Å². The van der Waals surface area contributed by atoms with Gasteiger partial charge in [-0.3, -0.25) is 11.2 Å². The summed E-state index contributed by atoms with van der Waals surface area (Å²) in [7, 11) is 18.3. The molecule has 14 rings (SSSR count). The number of nitrogens with two attached hydrogens (primary N) is 3. The molecule has 14 N–H and O–H groups in total. The number of benzene rings is 7. The van der Waals surface area contributed by atoms with E-state index in [0.717, 1.165) is 219 Å². The number of nitriles is 1. The predicted octanol–water partition coefficient (Wildman–Crippen LogP) is 22.3. The van der Waals surface area contributed by atoms with Crippen molar-refractivity contribution in [2.24, 2.45) is 58.6 Å². The maximum absolute atomic E-state index is 11.1. The second-order valence-corrected chi connectivity index (χ2v) is 42.4. The van der Waals surface area contributed by atoms with Gasteiger partial charge in [0, 0.05) is 69.0 Å². The summed E-state index contributed by atoms with van der Waals surface area (Å²) in [6.45, 7) is 4.96. The fourth-order valence-corrected chi connectivity index (χ4v) is 22.2. The Morgan fingerprint density at radius 3 is 0.592 bits per heavy atom. The molecule has 0 spiro atoms. The molecule has 715 valence electrons. The van der Waals surface area contributed by atoms with Gasteiger partial charge in [0.25, 0.3) is 0 Å². The number of halogens is 14. The molecule has 0 saturated heterocycles. The Hall–Kier alpha value is -1.41. The van der Waals surface area contributed by atoms with Gasteiger partial charge in [-0.1, -0.05) is 295 Å². The van der Waals surface area contributed by atoms with Crippen LogP contribution in [0.3, 0.4) is 0 Å². The maximum atomic E-state index is 11.1. The van der Waals surface area contributed by atoms with Crippen molar-refractivity contribution in [3.05, 3.63) is 237 Å². The minimum atomic E-state index is -0.846. The van der Waals surface area contributed by atoms with E-state index in [2.05, 4.69) is 27.9 Å². The second kappa shape index (κ2) is 55.7. The SMILES string of the molecule is CN(C)CC1CCCCC1(O)c1ccc(Cl)c(Cl)c1.CN(C)C[C@@H]1CCCC[C@@]1(O)c1ccc(Cl)c(Cl)c1.CN(C)C[C@H]1CCCC[C@]1(O)c1ccc(Cl)c(Cl)c1.CNC[C@@H]1CCCC[C@@]1(O)c1ccc(Cl)c(Cl)c1.NCC1CCCCC1(O)c1ccc(Cl)c(Cl)c1.NC[C@@H]1CCCC[C@@]1(O)c1ccc(Cl)c(Cl)c1.NC[C@H]1CCCC[C@]1(O)c1ccc(Cl)c(Cl)c1.[B-]C#N.[HH].[Na+]. The third-order valence-electron chi connectivity index (χ3n) is 27.2. The number of hydrogen-bond acceptors (Lipinski definition) is 15. The van der Waals surface area contributed by atoms with Crippen LogP contribution in [0, 0.1) is 52.7 Å². The van der Waals surface area contributed by atoms with Gasteiger partial charge in [-0.15, -0.1) is 0 Å². The minimum absolute atomic E-state index is 0. The zero-order valence-electron chi connectivity index (χ0n) is 76.4. The number of aliphatic hydroxyl groups is 7. The van der Waals surface area contributed by atoms with Gasteiger partial charge in [-0.25, -0.2) is 0 Å². The Morgan fingerprint density at radius 2 is 0.446 bits per heavy atom. The Kier molecular flexibility index (Phi) is 50.3. The van der Waals surface area contributed by atoms with E-state index < -0.39 is 39.2 Å². The molecule has 31 heteroatoms. The van der Waals surface area contributed by atoms with Crippen LogP contribution in [0.25, 0.3) is 0 Å². The van der Waals surface area contributed by atoms with Crippen LogP contribution in [0.2, 0.25) is 70.3 Å². The molecule has 3 radical (unpaired) electrons. The number of nitrogens with one attached hydrogen (secondary N) is 1. The summed E-state index contributed by atoms with van der Waals surface area (Å²) >= 11 is 83.9. The Bertz CT molecular complexity index is 4330. The summed E-state index contributed by atoms with van der Waals surface area (Å²) in [5.74, 6) is 2.53. The monoisotopic (exact) mass is 2070 g/mol. The minimum Gasteiger partial charge on any atom is -0.466 e. The molecule has 7 aromatic rings. The van der Waals surface area contributed by atoms with Crippen LogP contribution in [-0.4, -0.2) is 153 Å². The Balaban J connectivity index is 0.000000268. The van der Waals surface area contributed by atoms with Gasteiger partial charge in [0.15, 0.2) is 0 Å². The molecule has 0 aliphatic heterocycles. The summed E-state index contributed by atoms with van der Waals surface area (Å²) in [5, 5.41) is 94.4. The molecular formula is C99H135BCl14N8NaO7. The molecule has 15 nitrogen and oxygen atoms in total. The summed E-state index contributed by atoms with van der Waals surface area (Å²) < 4.78 is 0. The van der Waals surface area contributed by atoms with Gasteiger partial charge < -0.3 is 80.8 Å². The molecule has 7 saturated carbocycles. The number of rotatable bonds is 18. The van der Waals surface area contributed by atoms with Crippen molar-refractivity contribution >= 4 is 170 Å². The Labute approximate surface area is 869 Å². The molecule has 0 heterocycles. The average molecular weight is 2080 g/mol. The van der Waals surface area contributed by atoms with Gasteiger partial charge in [0.05, 0.1) is 110 Å². The van der Waals surface area contributed by atoms with Gasteiger partial charge in [0.1, 0.15) is 0 Å². The summed E-state index contributed by atoms with van der Waals surface area (Å²) in [6.07, 6.45) is 27.9. The van der Waals surface area contributed by atoms with Crippen LogP contribution in [-0.2, 0) is 39.2 Å². The first-order valence-corrected chi connectivity index (χ1v) is 50.4. The predicted molar refractivity (Wildman–Crippen MR) is 546 cm³/mol. The smallest absolute Gasteiger partial charge is 0.466 e. The molecule has 0 bridgehead atoms. The van der Waals surface area contributed by atoms with E-state index in [0.29, 0.717) is 90.0 Å². The quantitative estimate of drug-likeness (QED) is 0.0357. The van der Waals surface area contributed by atoms with Crippen molar-refractivity contribution in [2.75, 3.05) is 95.1 Å². The zero-order chi connectivity index (χ0) is 95.4. The number of nitrogens with zero attached hydrogens (tertiary/aromatic N) is 4. The average Bonchev–Trinajstić information content (AvgIpc) is 0.807. The third-order valence-corrected chi connectivity index (χ3v) is 32.4. The van der Waals surface area contributed by atoms with Crippen LogP contribution in [0.5, 0.6) is 0 Å². The van der Waals surface area contributed by atoms with E-state index in [9.17, 15) is 35.7 Å². The molecule has 4 unspecified atom stereocenters. The molecular weight excluding hydrogens is 1940 g/mol. The van der Waals surface area contributed by atoms with E-state index in [1.54, 1.807) is 66.7 Å². The molecule has 130 heavy (non-hydrogen) atoms. The van der Waals surface area contributed by atoms with E-state index >= 15 is 0 Å². The first-order chi connectivity index (χ1) is 61.0. The van der Waals surface area contributed by atoms with Crippen LogP contribution in [0.4, 0.5) is 0 Å². The van der Waals surface area contributed by atoms with Crippen LogP contribution in [0.15, 0.2) is 127 Å². The fraction of sp³-hybridized carbons (Fsp3) is 0.566. The standard InChI is InChI=1S/3C15H21Cl2NO.C14H19Cl2NO.3C13H17Cl2NO.CBN.Na.H2/c3*1-18(2)10-12-5-3-4-8-15(12,19)11-6-7-13(16)14(17)9-11;1-17-9-11-4-2-3-7-14(11,18)10-5-6-12(15)13(16)8-10;3*14-11-5-4-9(7-12(11)15)13(17)6-2-1-3-10(13)8-16;2-1-3;;/h3*6-7,9,12,19H,3-5,8,10H2,1-2H3;5-6,8,11,17-18H,2-4,7,9H2,1H3;3*4-5,7,10,17H,1-3,6,8,16H2;;;1H/q;;;;;;;-1;+1;/t2*12-,15+;;11-,14+;2*10-,13+;;;;/m10.010..../s1. The van der Waals surface area contributed by atoms with Gasteiger partial charge in [-0.05, 0) is 283 Å². The summed E-state index contributed by atoms with van der Waals surface area (Å²) in [5.41, 5.74) is 17.7. The van der Waals surface area contributed by atoms with E-state index in [1.165, 1.54) is 31.7 Å². The topological polar surface area (TPSA) is 265 Å². The van der Waals surface area contributed by atoms with Crippen LogP contribution >= 0.6 is 162 Å². The van der Waals surface area contributed by atoms with E-state index in [-0.39, 0.29) is 72.4 Å². The van der Waals surface area contributed by atoms with Crippen molar-refractivity contribution in [1.82, 2.24) is 20.0 Å². The van der Waals surface area contributed by atoms with Gasteiger partial charge in [-0.2, -0.15) is 0 Å². The van der Waals surface area contributed by atoms with Crippen LogP contribution < -0.4 is 52.1 Å². The molecule has 7 aliphatic rings. The first-order valence-electron chi connectivity index (χ1n) is 45.1. The van der Waals surface area contributed by atoms with Crippen molar-refractivity contribution in [3.63, 3.8) is 0 Å². The van der Waals surface area contributed by atoms with Gasteiger partial charge in [0.2, 0.25) is 0 Å². The normalized spacial score (nSPS) is 27.7. The molecule has 0 amide bonds. The summed E-state index contributed by atoms with van der Waals surface area (Å²) in [6, 6.07) is 38.0.